The summed E-state index contributed by atoms with van der Waals surface area (Å²) in [5.41, 5.74) is 4.93. The predicted molar refractivity (Wildman–Crippen MR) is 103 cm³/mol. The number of hydrogen-bond acceptors (Lipinski definition) is 0. The molecule has 0 aliphatic heterocycles. The minimum absolute atomic E-state index is 0. The second kappa shape index (κ2) is 9.65. The standard InChI is InChI=1S/C17H29Si.3CH3.Ti/c1-13-11-14(12-18(5,6)17(2,3)4)16-10-8-7-9-15(13)16;;;;/h14H,7-10,12H2,1-6H3;3*1H3;/q4*-1;+4. The second-order valence-corrected chi connectivity index (χ2v) is 13.5. The van der Waals surface area contributed by atoms with Crippen LogP contribution in [0.5, 0.6) is 0 Å². The van der Waals surface area contributed by atoms with Crippen molar-refractivity contribution in [2.75, 3.05) is 0 Å². The Morgan fingerprint density at radius 1 is 1.05 bits per heavy atom. The van der Waals surface area contributed by atoms with Crippen LogP contribution >= 0.6 is 0 Å². The molecule has 0 aromatic carbocycles. The smallest absolute Gasteiger partial charge is 0.358 e. The minimum atomic E-state index is -1.19. The van der Waals surface area contributed by atoms with Gasteiger partial charge in [0.25, 0.3) is 0 Å². The van der Waals surface area contributed by atoms with Gasteiger partial charge in [0.05, 0.1) is 8.07 Å². The second-order valence-electron chi connectivity index (χ2n) is 7.87. The summed E-state index contributed by atoms with van der Waals surface area (Å²) in [6.07, 6.45) is 9.27. The maximum Gasteiger partial charge on any atom is 4.00 e. The normalized spacial score (nSPS) is 20.6. The zero-order valence-corrected chi connectivity index (χ0v) is 19.2. The molecular formula is C20H38SiTi. The van der Waals surface area contributed by atoms with E-state index in [1.165, 1.54) is 37.3 Å². The van der Waals surface area contributed by atoms with E-state index in [1.54, 1.807) is 11.1 Å². The molecule has 126 valence electrons. The molecule has 0 heterocycles. The molecule has 0 fully saturated rings. The molecule has 0 aromatic rings. The summed E-state index contributed by atoms with van der Waals surface area (Å²) in [6, 6.07) is 1.40. The molecule has 1 atom stereocenters. The summed E-state index contributed by atoms with van der Waals surface area (Å²) >= 11 is 0. The largest absolute Gasteiger partial charge is 4.00 e. The van der Waals surface area contributed by atoms with Gasteiger partial charge in [0, 0.05) is 0 Å². The van der Waals surface area contributed by atoms with E-state index in [-0.39, 0.29) is 44.0 Å². The van der Waals surface area contributed by atoms with Crippen LogP contribution in [0.3, 0.4) is 0 Å². The Hall–Kier alpha value is 0.411. The Bertz CT molecular complexity index is 396. The summed E-state index contributed by atoms with van der Waals surface area (Å²) in [5.74, 6) is 0.668. The van der Waals surface area contributed by atoms with Crippen LogP contribution in [0.15, 0.2) is 16.7 Å². The summed E-state index contributed by atoms with van der Waals surface area (Å²) < 4.78 is 0. The molecule has 0 saturated heterocycles. The van der Waals surface area contributed by atoms with Crippen molar-refractivity contribution in [3.63, 3.8) is 0 Å². The fraction of sp³-hybridized carbons (Fsp3) is 0.650. The molecule has 2 rings (SSSR count). The van der Waals surface area contributed by atoms with Gasteiger partial charge in [0.1, 0.15) is 0 Å². The molecule has 2 aliphatic carbocycles. The molecule has 0 bridgehead atoms. The fourth-order valence-electron chi connectivity index (χ4n) is 3.17. The van der Waals surface area contributed by atoms with Crippen molar-refractivity contribution in [3.8, 4) is 0 Å². The van der Waals surface area contributed by atoms with Gasteiger partial charge in [-0.05, 0) is 11.5 Å². The minimum Gasteiger partial charge on any atom is -0.358 e. The molecule has 2 aliphatic rings. The molecule has 0 N–H and O–H groups in total. The van der Waals surface area contributed by atoms with Crippen LogP contribution in [0.2, 0.25) is 24.2 Å². The van der Waals surface area contributed by atoms with Crippen LogP contribution in [0, 0.1) is 34.3 Å². The fourth-order valence-corrected chi connectivity index (χ4v) is 5.15. The van der Waals surface area contributed by atoms with Crippen LogP contribution in [-0.4, -0.2) is 8.07 Å². The van der Waals surface area contributed by atoms with Crippen LogP contribution in [-0.2, 0) is 21.7 Å². The number of hydrogen-bond donors (Lipinski definition) is 0. The van der Waals surface area contributed by atoms with Gasteiger partial charge in [0.15, 0.2) is 0 Å². The van der Waals surface area contributed by atoms with E-state index < -0.39 is 8.07 Å². The van der Waals surface area contributed by atoms with E-state index in [0.717, 1.165) is 0 Å². The van der Waals surface area contributed by atoms with Crippen molar-refractivity contribution in [1.82, 2.24) is 0 Å². The monoisotopic (exact) mass is 354 g/mol. The van der Waals surface area contributed by atoms with Crippen molar-refractivity contribution in [3.05, 3.63) is 45.1 Å². The van der Waals surface area contributed by atoms with Gasteiger partial charge in [-0.3, -0.25) is 6.08 Å². The SMILES string of the molecule is CC1=[C-]C(C[Si](C)(C)C(C)(C)C)C2=C1CCCC2.[CH3-].[CH3-].[CH3-].[Ti+4]. The van der Waals surface area contributed by atoms with Crippen molar-refractivity contribution in [2.24, 2.45) is 5.92 Å². The zero-order chi connectivity index (χ0) is 13.6. The van der Waals surface area contributed by atoms with Gasteiger partial charge < -0.3 is 22.3 Å². The van der Waals surface area contributed by atoms with Crippen molar-refractivity contribution in [2.45, 2.75) is 77.6 Å². The number of allylic oxidation sites excluding steroid dienone is 4. The van der Waals surface area contributed by atoms with Crippen molar-refractivity contribution >= 4 is 8.07 Å². The Kier molecular flexibility index (Phi) is 12.0. The van der Waals surface area contributed by atoms with E-state index in [1.807, 2.05) is 0 Å². The summed E-state index contributed by atoms with van der Waals surface area (Å²) in [7, 11) is -1.19. The molecule has 0 amide bonds. The summed E-state index contributed by atoms with van der Waals surface area (Å²) in [6.45, 7) is 14.7. The van der Waals surface area contributed by atoms with Crippen LogP contribution in [0.4, 0.5) is 0 Å². The molecule has 0 saturated carbocycles. The van der Waals surface area contributed by atoms with Crippen LogP contribution < -0.4 is 0 Å². The maximum absolute atomic E-state index is 3.80. The van der Waals surface area contributed by atoms with Gasteiger partial charge in [-0.15, -0.1) is 0 Å². The number of rotatable bonds is 2. The summed E-state index contributed by atoms with van der Waals surface area (Å²) in [5, 5.41) is 0.501. The van der Waals surface area contributed by atoms with Gasteiger partial charge in [-0.2, -0.15) is 11.1 Å². The van der Waals surface area contributed by atoms with E-state index >= 15 is 0 Å². The van der Waals surface area contributed by atoms with Crippen molar-refractivity contribution < 1.29 is 21.7 Å². The van der Waals surface area contributed by atoms with Crippen LogP contribution in [0.1, 0.15) is 53.4 Å². The quantitative estimate of drug-likeness (QED) is 0.367. The Morgan fingerprint density at radius 3 is 2.05 bits per heavy atom. The summed E-state index contributed by atoms with van der Waals surface area (Å²) in [4.78, 5) is 0. The van der Waals surface area contributed by atoms with Gasteiger partial charge in [-0.1, -0.05) is 72.0 Å². The maximum atomic E-state index is 3.80. The Morgan fingerprint density at radius 2 is 1.55 bits per heavy atom. The van der Waals surface area contributed by atoms with E-state index in [4.69, 9.17) is 0 Å². The van der Waals surface area contributed by atoms with Gasteiger partial charge in [-0.25, -0.2) is 5.57 Å². The average molecular weight is 354 g/mol. The Labute approximate surface area is 158 Å². The zero-order valence-electron chi connectivity index (χ0n) is 16.6. The third kappa shape index (κ3) is 5.50. The topological polar surface area (TPSA) is 0 Å². The molecule has 2 heteroatoms. The third-order valence-corrected chi connectivity index (χ3v) is 11.0. The van der Waals surface area contributed by atoms with Crippen LogP contribution in [0.25, 0.3) is 0 Å². The van der Waals surface area contributed by atoms with Gasteiger partial charge >= 0.3 is 21.7 Å². The first-order valence-electron chi connectivity index (χ1n) is 7.55. The van der Waals surface area contributed by atoms with Crippen molar-refractivity contribution in [1.29, 1.82) is 0 Å². The first-order chi connectivity index (χ1) is 8.22. The predicted octanol–water partition coefficient (Wildman–Crippen LogP) is 7.09. The third-order valence-electron chi connectivity index (χ3n) is 5.52. The van der Waals surface area contributed by atoms with E-state index in [0.29, 0.717) is 11.0 Å². The molecule has 0 spiro atoms. The molecule has 0 radical (unpaired) electrons. The average Bonchev–Trinajstić information content (AvgIpc) is 2.55. The molecule has 0 nitrogen and oxygen atoms in total. The first-order valence-corrected chi connectivity index (χ1v) is 10.8. The van der Waals surface area contributed by atoms with E-state index in [2.05, 4.69) is 46.9 Å². The molecule has 22 heavy (non-hydrogen) atoms. The Balaban J connectivity index is -0.000000902. The molecular weight excluding hydrogens is 316 g/mol. The van der Waals surface area contributed by atoms with E-state index in [9.17, 15) is 0 Å². The molecule has 1 unspecified atom stereocenters. The van der Waals surface area contributed by atoms with Gasteiger partial charge in [0.2, 0.25) is 0 Å². The molecule has 0 aromatic heterocycles. The first kappa shape index (κ1) is 27.3.